The number of benzene rings is 2. The maximum absolute atomic E-state index is 6.28. The molecule has 1 atom stereocenters. The Labute approximate surface area is 172 Å². The lowest BCUT2D eigenvalue weighted by atomic mass is 10.1. The number of aliphatic imine (C=N–C) groups is 1. The first-order valence-electron chi connectivity index (χ1n) is 9.85. The minimum Gasteiger partial charge on any atom is -0.490 e. The number of anilines is 2. The average Bonchev–Trinajstić information content (AvgIpc) is 2.76. The number of hydrogen-bond acceptors (Lipinski definition) is 6. The number of likely N-dealkylation sites (tertiary alicyclic amines) is 1. The predicted molar refractivity (Wildman–Crippen MR) is 116 cm³/mol. The third-order valence-electron chi connectivity index (χ3n) is 5.35. The molecule has 6 heteroatoms. The van der Waals surface area contributed by atoms with Crippen molar-refractivity contribution in [3.8, 4) is 18.1 Å². The van der Waals surface area contributed by atoms with Crippen LogP contribution in [0.25, 0.3) is 0 Å². The normalized spacial score (nSPS) is 19.5. The summed E-state index contributed by atoms with van der Waals surface area (Å²) in [7, 11) is 3.78. The van der Waals surface area contributed by atoms with E-state index in [1.54, 1.807) is 18.5 Å². The minimum absolute atomic E-state index is 0.244. The smallest absolute Gasteiger partial charge is 0.148 e. The summed E-state index contributed by atoms with van der Waals surface area (Å²) in [4.78, 5) is 12.4. The molecule has 2 heterocycles. The molecule has 29 heavy (non-hydrogen) atoms. The van der Waals surface area contributed by atoms with E-state index in [9.17, 15) is 0 Å². The van der Waals surface area contributed by atoms with Gasteiger partial charge in [-0.3, -0.25) is 4.84 Å². The fourth-order valence-electron chi connectivity index (χ4n) is 3.71. The van der Waals surface area contributed by atoms with Gasteiger partial charge < -0.3 is 15.0 Å². The highest BCUT2D eigenvalue weighted by molar-refractivity contribution is 5.82. The van der Waals surface area contributed by atoms with Gasteiger partial charge in [0.15, 0.2) is 0 Å². The molecule has 0 aromatic heterocycles. The van der Waals surface area contributed by atoms with Crippen molar-refractivity contribution in [2.75, 3.05) is 37.6 Å². The van der Waals surface area contributed by atoms with Gasteiger partial charge >= 0.3 is 0 Å². The Balaban J connectivity index is 1.58. The van der Waals surface area contributed by atoms with Gasteiger partial charge in [-0.25, -0.2) is 10.1 Å². The molecule has 0 bridgehead atoms. The van der Waals surface area contributed by atoms with E-state index >= 15 is 0 Å². The highest BCUT2D eigenvalue weighted by Crippen LogP contribution is 2.36. The van der Waals surface area contributed by atoms with Crippen molar-refractivity contribution in [2.45, 2.75) is 25.1 Å². The zero-order valence-corrected chi connectivity index (χ0v) is 16.8. The van der Waals surface area contributed by atoms with Gasteiger partial charge in [-0.2, -0.15) is 0 Å². The highest BCUT2D eigenvalue weighted by Gasteiger charge is 2.24. The zero-order chi connectivity index (χ0) is 20.2. The molecule has 0 saturated carbocycles. The molecule has 1 N–H and O–H groups in total. The second-order valence-corrected chi connectivity index (χ2v) is 7.39. The van der Waals surface area contributed by atoms with E-state index in [0.29, 0.717) is 0 Å². The summed E-state index contributed by atoms with van der Waals surface area (Å²) in [5, 5.41) is 5.11. The topological polar surface area (TPSA) is 49.3 Å². The zero-order valence-electron chi connectivity index (χ0n) is 16.8. The van der Waals surface area contributed by atoms with Crippen molar-refractivity contribution >= 4 is 17.7 Å². The molecule has 1 fully saturated rings. The van der Waals surface area contributed by atoms with Gasteiger partial charge in [-0.15, -0.1) is 6.42 Å². The summed E-state index contributed by atoms with van der Waals surface area (Å²) in [6.07, 6.45) is 9.28. The molecule has 150 valence electrons. The largest absolute Gasteiger partial charge is 0.490 e. The number of hydrogen-bond donors (Lipinski definition) is 1. The van der Waals surface area contributed by atoms with Crippen LogP contribution in [0.4, 0.5) is 11.4 Å². The van der Waals surface area contributed by atoms with Crippen LogP contribution in [0.3, 0.4) is 0 Å². The fourth-order valence-corrected chi connectivity index (χ4v) is 3.71. The molecule has 0 radical (unpaired) electrons. The Kier molecular flexibility index (Phi) is 5.70. The molecule has 0 spiro atoms. The molecule has 2 aromatic rings. The summed E-state index contributed by atoms with van der Waals surface area (Å²) < 4.78 is 6.28. The molecule has 0 aliphatic carbocycles. The van der Waals surface area contributed by atoms with E-state index in [0.717, 1.165) is 54.2 Å². The number of nitrogens with zero attached hydrogens (tertiary/aromatic N) is 3. The number of fused-ring (bicyclic) bond motifs is 1. The van der Waals surface area contributed by atoms with E-state index < -0.39 is 0 Å². The van der Waals surface area contributed by atoms with Crippen molar-refractivity contribution in [1.82, 2.24) is 4.90 Å². The Morgan fingerprint density at radius 1 is 1.17 bits per heavy atom. The van der Waals surface area contributed by atoms with Gasteiger partial charge in [-0.05, 0) is 56.3 Å². The van der Waals surface area contributed by atoms with E-state index in [1.807, 2.05) is 36.4 Å². The molecular formula is C23H26N4O2. The lowest BCUT2D eigenvalue weighted by molar-refractivity contribution is 0.114. The molecule has 1 saturated heterocycles. The maximum atomic E-state index is 6.28. The molecule has 0 amide bonds. The van der Waals surface area contributed by atoms with Gasteiger partial charge in [0.25, 0.3) is 0 Å². The van der Waals surface area contributed by atoms with Gasteiger partial charge in [-0.1, -0.05) is 12.0 Å². The Morgan fingerprint density at radius 3 is 2.76 bits per heavy atom. The first-order valence-corrected chi connectivity index (χ1v) is 9.85. The van der Waals surface area contributed by atoms with Gasteiger partial charge in [0.2, 0.25) is 0 Å². The number of ether oxygens (including phenoxy) is 1. The average molecular weight is 390 g/mol. The molecule has 2 aromatic carbocycles. The van der Waals surface area contributed by atoms with Gasteiger partial charge in [0.1, 0.15) is 24.4 Å². The summed E-state index contributed by atoms with van der Waals surface area (Å²) >= 11 is 0. The number of nitrogens with one attached hydrogen (secondary N) is 1. The van der Waals surface area contributed by atoms with Crippen molar-refractivity contribution in [1.29, 1.82) is 0 Å². The van der Waals surface area contributed by atoms with Crippen LogP contribution in [0.2, 0.25) is 0 Å². The maximum Gasteiger partial charge on any atom is 0.148 e. The number of rotatable bonds is 5. The predicted octanol–water partition coefficient (Wildman–Crippen LogP) is 3.66. The SMILES string of the molecule is C#Cc1cccc(NC2N=CN(OC)c3ccc(OC4CCN(C)CC4)cc32)c1. The molecule has 6 nitrogen and oxygen atoms in total. The quantitative estimate of drug-likeness (QED) is 0.790. The van der Waals surface area contributed by atoms with Crippen LogP contribution in [0.15, 0.2) is 47.5 Å². The molecule has 2 aliphatic heterocycles. The summed E-state index contributed by atoms with van der Waals surface area (Å²) in [6.45, 7) is 2.13. The second kappa shape index (κ2) is 8.56. The summed E-state index contributed by atoms with van der Waals surface area (Å²) in [5.41, 5.74) is 3.67. The molecule has 1 unspecified atom stereocenters. The number of piperidine rings is 1. The van der Waals surface area contributed by atoms with Crippen molar-refractivity contribution < 1.29 is 9.57 Å². The van der Waals surface area contributed by atoms with Crippen LogP contribution >= 0.6 is 0 Å². The van der Waals surface area contributed by atoms with E-state index in [-0.39, 0.29) is 12.3 Å². The van der Waals surface area contributed by atoms with Crippen LogP contribution in [0, 0.1) is 12.3 Å². The third kappa shape index (κ3) is 4.37. The molecule has 2 aliphatic rings. The van der Waals surface area contributed by atoms with Crippen LogP contribution in [-0.2, 0) is 4.84 Å². The van der Waals surface area contributed by atoms with Crippen LogP contribution in [0.1, 0.15) is 30.1 Å². The first kappa shape index (κ1) is 19.3. The van der Waals surface area contributed by atoms with Crippen molar-refractivity contribution in [2.24, 2.45) is 4.99 Å². The van der Waals surface area contributed by atoms with Crippen LogP contribution < -0.4 is 15.1 Å². The second-order valence-electron chi connectivity index (χ2n) is 7.39. The minimum atomic E-state index is -0.259. The van der Waals surface area contributed by atoms with Gasteiger partial charge in [0.05, 0.1) is 12.8 Å². The van der Waals surface area contributed by atoms with E-state index in [2.05, 4.69) is 34.2 Å². The lowest BCUT2D eigenvalue weighted by Gasteiger charge is -2.31. The van der Waals surface area contributed by atoms with E-state index in [1.165, 1.54) is 0 Å². The molecular weight excluding hydrogens is 364 g/mol. The number of terminal acetylenes is 1. The summed E-state index contributed by atoms with van der Waals surface area (Å²) in [6, 6.07) is 13.8. The Bertz CT molecular complexity index is 929. The van der Waals surface area contributed by atoms with Gasteiger partial charge in [0, 0.05) is 29.9 Å². The van der Waals surface area contributed by atoms with Crippen molar-refractivity contribution in [3.63, 3.8) is 0 Å². The third-order valence-corrected chi connectivity index (χ3v) is 5.35. The fraction of sp³-hybridized carbons (Fsp3) is 0.348. The van der Waals surface area contributed by atoms with E-state index in [4.69, 9.17) is 16.0 Å². The van der Waals surface area contributed by atoms with Crippen LogP contribution in [-0.4, -0.2) is 44.6 Å². The Morgan fingerprint density at radius 2 is 2.00 bits per heavy atom. The Hall–Kier alpha value is -3.01. The van der Waals surface area contributed by atoms with Crippen molar-refractivity contribution in [3.05, 3.63) is 53.6 Å². The molecule has 4 rings (SSSR count). The summed E-state index contributed by atoms with van der Waals surface area (Å²) in [5.74, 6) is 3.52. The van der Waals surface area contributed by atoms with Crippen LogP contribution in [0.5, 0.6) is 5.75 Å². The highest BCUT2D eigenvalue weighted by atomic mass is 16.7. The first-order chi connectivity index (χ1) is 14.2. The standard InChI is InChI=1S/C23H26N4O2/c1-4-17-6-5-7-18(14-17)25-23-21-15-20(29-19-10-12-26(2)13-11-19)8-9-22(21)27(28-3)16-24-23/h1,5-9,14-16,19,23,25H,10-13H2,2-3H3. The lowest BCUT2D eigenvalue weighted by Crippen LogP contribution is -2.35. The number of hydroxylamine groups is 1. The monoisotopic (exact) mass is 390 g/mol.